The number of hydrogen-bond donors (Lipinski definition) is 0. The number of thioether (sulfide) groups is 1. The molecule has 0 aliphatic heterocycles. The summed E-state index contributed by atoms with van der Waals surface area (Å²) >= 11 is 6.79. The maximum Gasteiger partial charge on any atom is 0.136 e. The normalized spacial score (nSPS) is 9.50. The molecule has 0 unspecified atom stereocenters. The molecule has 0 radical (unpaired) electrons. The third-order valence-electron chi connectivity index (χ3n) is 1.89. The summed E-state index contributed by atoms with van der Waals surface area (Å²) < 4.78 is 0.819. The van der Waals surface area contributed by atoms with E-state index in [4.69, 9.17) is 17.5 Å². The monoisotopic (exact) mass is 251 g/mol. The van der Waals surface area contributed by atoms with Gasteiger partial charge in [-0.3, -0.25) is 4.98 Å². The van der Waals surface area contributed by atoms with Gasteiger partial charge in [0, 0.05) is 38.2 Å². The third kappa shape index (κ3) is 4.60. The van der Waals surface area contributed by atoms with Crippen molar-refractivity contribution in [3.05, 3.63) is 30.1 Å². The van der Waals surface area contributed by atoms with Crippen molar-refractivity contribution in [1.82, 2.24) is 9.88 Å². The minimum Gasteiger partial charge on any atom is -0.356 e. The first-order valence-corrected chi connectivity index (χ1v) is 6.27. The summed E-state index contributed by atoms with van der Waals surface area (Å²) in [6, 6.07) is 6.03. The van der Waals surface area contributed by atoms with E-state index in [1.807, 2.05) is 30.3 Å². The molecule has 0 fully saturated rings. The molecule has 0 aliphatic rings. The van der Waals surface area contributed by atoms with Crippen LogP contribution < -0.4 is 0 Å². The molecule has 1 aromatic heterocycles. The highest BCUT2D eigenvalue weighted by atomic mass is 32.2. The minimum atomic E-state index is 0.533. The number of aromatic nitrogens is 1. The average molecular weight is 251 g/mol. The van der Waals surface area contributed by atoms with Gasteiger partial charge in [0.1, 0.15) is 4.32 Å². The summed E-state index contributed by atoms with van der Waals surface area (Å²) in [5.41, 5.74) is 1.13. The Hall–Kier alpha value is -1.12. The van der Waals surface area contributed by atoms with Crippen molar-refractivity contribution in [2.45, 2.75) is 13.0 Å². The van der Waals surface area contributed by atoms with Crippen LogP contribution in [0.5, 0.6) is 0 Å². The van der Waals surface area contributed by atoms with Crippen LogP contribution in [0.2, 0.25) is 0 Å². The summed E-state index contributed by atoms with van der Waals surface area (Å²) in [4.78, 5) is 6.05. The molecule has 0 atom stereocenters. The minimum absolute atomic E-state index is 0.533. The summed E-state index contributed by atoms with van der Waals surface area (Å²) in [6.07, 6.45) is 4.12. The van der Waals surface area contributed by atoms with Gasteiger partial charge in [-0.2, -0.15) is 5.26 Å². The van der Waals surface area contributed by atoms with Crippen LogP contribution in [0.25, 0.3) is 0 Å². The Bertz CT molecular complexity index is 373. The Kier molecular flexibility index (Phi) is 5.83. The quantitative estimate of drug-likeness (QED) is 0.607. The van der Waals surface area contributed by atoms with Crippen molar-refractivity contribution < 1.29 is 0 Å². The number of hydrogen-bond acceptors (Lipinski definition) is 4. The van der Waals surface area contributed by atoms with Gasteiger partial charge in [0.25, 0.3) is 0 Å². The Balaban J connectivity index is 2.38. The smallest absolute Gasteiger partial charge is 0.136 e. The summed E-state index contributed by atoms with van der Waals surface area (Å²) in [5, 5.41) is 8.42. The highest BCUT2D eigenvalue weighted by molar-refractivity contribution is 8.22. The molecular formula is C11H13N3S2. The fourth-order valence-corrected chi connectivity index (χ4v) is 2.09. The first-order valence-electron chi connectivity index (χ1n) is 4.88. The molecule has 0 spiro atoms. The Morgan fingerprint density at radius 1 is 1.69 bits per heavy atom. The second kappa shape index (κ2) is 7.20. The van der Waals surface area contributed by atoms with Crippen molar-refractivity contribution in [3.8, 4) is 6.07 Å². The molecule has 0 N–H and O–H groups in total. The SMILES string of the molecule is CN(Cc1cccnc1)C(=S)SCCC#N. The number of nitriles is 1. The van der Waals surface area contributed by atoms with Gasteiger partial charge in [-0.05, 0) is 11.6 Å². The van der Waals surface area contributed by atoms with E-state index in [1.165, 1.54) is 0 Å². The van der Waals surface area contributed by atoms with Gasteiger partial charge in [-0.1, -0.05) is 30.0 Å². The number of rotatable bonds is 4. The lowest BCUT2D eigenvalue weighted by molar-refractivity contribution is 0.518. The van der Waals surface area contributed by atoms with Crippen LogP contribution in [-0.4, -0.2) is 27.0 Å². The van der Waals surface area contributed by atoms with Crippen LogP contribution in [0, 0.1) is 11.3 Å². The standard InChI is InChI=1S/C11H13N3S2/c1-14(11(15)16-7-3-5-12)9-10-4-2-6-13-8-10/h2,4,6,8H,3,7,9H2,1H3. The maximum absolute atomic E-state index is 8.42. The molecule has 84 valence electrons. The highest BCUT2D eigenvalue weighted by Crippen LogP contribution is 2.11. The summed E-state index contributed by atoms with van der Waals surface area (Å²) in [6.45, 7) is 0.756. The van der Waals surface area contributed by atoms with Gasteiger partial charge < -0.3 is 4.90 Å². The lowest BCUT2D eigenvalue weighted by Crippen LogP contribution is -2.22. The zero-order valence-corrected chi connectivity index (χ0v) is 10.7. The van der Waals surface area contributed by atoms with E-state index < -0.39 is 0 Å². The Morgan fingerprint density at radius 2 is 2.50 bits per heavy atom. The van der Waals surface area contributed by atoms with Crippen molar-refractivity contribution in [3.63, 3.8) is 0 Å². The van der Waals surface area contributed by atoms with Crippen LogP contribution >= 0.6 is 24.0 Å². The Labute approximate surface area is 105 Å². The van der Waals surface area contributed by atoms with Crippen molar-refractivity contribution in [2.75, 3.05) is 12.8 Å². The maximum atomic E-state index is 8.42. The molecular weight excluding hydrogens is 238 g/mol. The first-order chi connectivity index (χ1) is 7.74. The van der Waals surface area contributed by atoms with Gasteiger partial charge in [0.05, 0.1) is 6.07 Å². The van der Waals surface area contributed by atoms with E-state index in [2.05, 4.69) is 11.1 Å². The second-order valence-corrected chi connectivity index (χ2v) is 4.97. The van der Waals surface area contributed by atoms with Gasteiger partial charge in [-0.25, -0.2) is 0 Å². The zero-order valence-electron chi connectivity index (χ0n) is 9.09. The Morgan fingerprint density at radius 3 is 3.12 bits per heavy atom. The van der Waals surface area contributed by atoms with Gasteiger partial charge in [-0.15, -0.1) is 0 Å². The van der Waals surface area contributed by atoms with E-state index in [0.29, 0.717) is 6.42 Å². The molecule has 0 aromatic carbocycles. The molecule has 1 aromatic rings. The van der Waals surface area contributed by atoms with Crippen LogP contribution in [0.4, 0.5) is 0 Å². The predicted molar refractivity (Wildman–Crippen MR) is 71.0 cm³/mol. The van der Waals surface area contributed by atoms with Gasteiger partial charge in [0.15, 0.2) is 0 Å². The lowest BCUT2D eigenvalue weighted by atomic mass is 10.3. The molecule has 1 heterocycles. The predicted octanol–water partition coefficient (Wildman–Crippen LogP) is 2.45. The van der Waals surface area contributed by atoms with Crippen LogP contribution in [0.15, 0.2) is 24.5 Å². The van der Waals surface area contributed by atoms with E-state index in [1.54, 1.807) is 18.0 Å². The molecule has 5 heteroatoms. The second-order valence-electron chi connectivity index (χ2n) is 3.24. The lowest BCUT2D eigenvalue weighted by Gasteiger charge is -2.18. The molecule has 0 saturated carbocycles. The molecule has 0 bridgehead atoms. The number of thiocarbonyl (C=S) groups is 1. The fourth-order valence-electron chi connectivity index (χ4n) is 1.12. The van der Waals surface area contributed by atoms with Gasteiger partial charge >= 0.3 is 0 Å². The largest absolute Gasteiger partial charge is 0.356 e. The topological polar surface area (TPSA) is 39.9 Å². The van der Waals surface area contributed by atoms with E-state index in [0.717, 1.165) is 22.2 Å². The van der Waals surface area contributed by atoms with E-state index >= 15 is 0 Å². The average Bonchev–Trinajstić information content (AvgIpc) is 2.30. The summed E-state index contributed by atoms with van der Waals surface area (Å²) in [7, 11) is 1.95. The van der Waals surface area contributed by atoms with Crippen LogP contribution in [0.3, 0.4) is 0 Å². The molecule has 16 heavy (non-hydrogen) atoms. The van der Waals surface area contributed by atoms with Crippen LogP contribution in [0.1, 0.15) is 12.0 Å². The molecule has 1 rings (SSSR count). The molecule has 0 aliphatic carbocycles. The first kappa shape index (κ1) is 12.9. The van der Waals surface area contributed by atoms with Crippen molar-refractivity contribution >= 4 is 28.3 Å². The number of pyridine rings is 1. The fraction of sp³-hybridized carbons (Fsp3) is 0.364. The molecule has 0 saturated heterocycles. The third-order valence-corrected chi connectivity index (χ3v) is 3.53. The van der Waals surface area contributed by atoms with E-state index in [9.17, 15) is 0 Å². The number of nitrogens with zero attached hydrogens (tertiary/aromatic N) is 3. The molecule has 3 nitrogen and oxygen atoms in total. The van der Waals surface area contributed by atoms with Gasteiger partial charge in [0.2, 0.25) is 0 Å². The van der Waals surface area contributed by atoms with E-state index in [-0.39, 0.29) is 0 Å². The van der Waals surface area contributed by atoms with Crippen molar-refractivity contribution in [1.29, 1.82) is 5.26 Å². The zero-order chi connectivity index (χ0) is 11.8. The molecule has 0 amide bonds. The van der Waals surface area contributed by atoms with Crippen molar-refractivity contribution in [2.24, 2.45) is 0 Å². The summed E-state index contributed by atoms with van der Waals surface area (Å²) in [5.74, 6) is 0.757. The highest BCUT2D eigenvalue weighted by Gasteiger charge is 2.05. The van der Waals surface area contributed by atoms with Crippen LogP contribution in [-0.2, 0) is 6.54 Å².